The van der Waals surface area contributed by atoms with E-state index in [0.717, 1.165) is 18.5 Å². The average Bonchev–Trinajstić information content (AvgIpc) is 2.57. The molecule has 0 saturated carbocycles. The predicted octanol–water partition coefficient (Wildman–Crippen LogP) is 4.30. The Morgan fingerprint density at radius 1 is 1.38 bits per heavy atom. The highest BCUT2D eigenvalue weighted by atomic mass is 32.1. The van der Waals surface area contributed by atoms with Crippen LogP contribution in [-0.2, 0) is 6.42 Å². The topological polar surface area (TPSA) is 26.0 Å². The minimum absolute atomic E-state index is 0.855. The number of fused-ring (bicyclic) bond motifs is 1. The minimum atomic E-state index is 0.855. The molecule has 16 heavy (non-hydrogen) atoms. The van der Waals surface area contributed by atoms with Crippen LogP contribution in [0.25, 0.3) is 10.1 Å². The van der Waals surface area contributed by atoms with Crippen molar-refractivity contribution in [2.45, 2.75) is 26.7 Å². The number of thiophene rings is 1. The molecule has 84 valence electrons. The Balaban J connectivity index is 2.36. The number of anilines is 1. The monoisotopic (exact) mass is 231 g/mol. The molecule has 0 saturated heterocycles. The van der Waals surface area contributed by atoms with E-state index in [4.69, 9.17) is 5.73 Å². The second-order valence-corrected chi connectivity index (χ2v) is 5.15. The fourth-order valence-corrected chi connectivity index (χ4v) is 3.12. The third kappa shape index (κ3) is 2.12. The van der Waals surface area contributed by atoms with Crippen molar-refractivity contribution in [2.75, 3.05) is 5.73 Å². The highest BCUT2D eigenvalue weighted by Crippen LogP contribution is 2.32. The van der Waals surface area contributed by atoms with Crippen LogP contribution in [-0.4, -0.2) is 0 Å². The molecule has 1 heterocycles. The molecule has 1 aromatic carbocycles. The van der Waals surface area contributed by atoms with E-state index in [1.165, 1.54) is 20.5 Å². The zero-order valence-electron chi connectivity index (χ0n) is 9.79. The van der Waals surface area contributed by atoms with Crippen LogP contribution in [0.2, 0.25) is 0 Å². The van der Waals surface area contributed by atoms with E-state index >= 15 is 0 Å². The molecule has 1 aromatic heterocycles. The highest BCUT2D eigenvalue weighted by molar-refractivity contribution is 7.19. The second kappa shape index (κ2) is 4.71. The van der Waals surface area contributed by atoms with Gasteiger partial charge in [0, 0.05) is 15.3 Å². The fourth-order valence-electron chi connectivity index (χ4n) is 1.91. The molecule has 0 atom stereocenters. The summed E-state index contributed by atoms with van der Waals surface area (Å²) in [6.45, 7) is 4.27. The quantitative estimate of drug-likeness (QED) is 0.618. The van der Waals surface area contributed by atoms with Crippen molar-refractivity contribution in [1.29, 1.82) is 0 Å². The number of allylic oxidation sites excluding steroid dienone is 2. The van der Waals surface area contributed by atoms with E-state index in [2.05, 4.69) is 38.1 Å². The zero-order valence-corrected chi connectivity index (χ0v) is 10.6. The van der Waals surface area contributed by atoms with Crippen LogP contribution >= 0.6 is 11.3 Å². The number of aryl methyl sites for hydroxylation is 2. The Morgan fingerprint density at radius 3 is 2.94 bits per heavy atom. The molecular formula is C14H17NS. The molecule has 0 aliphatic rings. The van der Waals surface area contributed by atoms with Crippen molar-refractivity contribution in [2.24, 2.45) is 0 Å². The molecular weight excluding hydrogens is 214 g/mol. The lowest BCUT2D eigenvalue weighted by Gasteiger charge is -1.96. The van der Waals surface area contributed by atoms with E-state index in [1.807, 2.05) is 17.4 Å². The van der Waals surface area contributed by atoms with E-state index in [0.29, 0.717) is 0 Å². The summed E-state index contributed by atoms with van der Waals surface area (Å²) in [4.78, 5) is 1.48. The number of hydrogen-bond donors (Lipinski definition) is 1. The first-order chi connectivity index (χ1) is 7.72. The van der Waals surface area contributed by atoms with Gasteiger partial charge in [0.2, 0.25) is 0 Å². The lowest BCUT2D eigenvalue weighted by Crippen LogP contribution is -1.83. The summed E-state index contributed by atoms with van der Waals surface area (Å²) in [7, 11) is 0. The first kappa shape index (κ1) is 11.2. The Labute approximate surface area is 101 Å². The first-order valence-corrected chi connectivity index (χ1v) is 6.42. The molecule has 2 heteroatoms. The van der Waals surface area contributed by atoms with E-state index in [-0.39, 0.29) is 0 Å². The Morgan fingerprint density at radius 2 is 2.19 bits per heavy atom. The average molecular weight is 231 g/mol. The molecule has 0 spiro atoms. The van der Waals surface area contributed by atoms with E-state index < -0.39 is 0 Å². The molecule has 2 rings (SSSR count). The maximum absolute atomic E-state index is 5.82. The number of nitrogen functional groups attached to an aromatic ring is 1. The second-order valence-electron chi connectivity index (χ2n) is 4.01. The molecule has 2 N–H and O–H groups in total. The summed E-state index contributed by atoms with van der Waals surface area (Å²) in [6, 6.07) is 6.19. The SMILES string of the molecule is CC=CCCc1sc2ccc(N)cc2c1C. The van der Waals surface area contributed by atoms with Crippen molar-refractivity contribution in [3.63, 3.8) is 0 Å². The molecule has 0 radical (unpaired) electrons. The van der Waals surface area contributed by atoms with Crippen LogP contribution in [0.15, 0.2) is 30.4 Å². The summed E-state index contributed by atoms with van der Waals surface area (Å²) in [5, 5.41) is 1.32. The number of rotatable bonds is 3. The fraction of sp³-hybridized carbons (Fsp3) is 0.286. The van der Waals surface area contributed by atoms with Crippen molar-refractivity contribution in [3.05, 3.63) is 40.8 Å². The van der Waals surface area contributed by atoms with Crippen LogP contribution in [0.3, 0.4) is 0 Å². The van der Waals surface area contributed by atoms with Gasteiger partial charge in [-0.3, -0.25) is 0 Å². The summed E-state index contributed by atoms with van der Waals surface area (Å²) in [5.41, 5.74) is 8.07. The largest absolute Gasteiger partial charge is 0.399 e. The molecule has 0 aliphatic carbocycles. The minimum Gasteiger partial charge on any atom is -0.399 e. The Hall–Kier alpha value is -1.28. The highest BCUT2D eigenvalue weighted by Gasteiger charge is 2.07. The van der Waals surface area contributed by atoms with Crippen molar-refractivity contribution in [1.82, 2.24) is 0 Å². The van der Waals surface area contributed by atoms with Crippen LogP contribution < -0.4 is 5.73 Å². The van der Waals surface area contributed by atoms with Gasteiger partial charge in [0.15, 0.2) is 0 Å². The van der Waals surface area contributed by atoms with Gasteiger partial charge < -0.3 is 5.73 Å². The van der Waals surface area contributed by atoms with Crippen LogP contribution in [0.1, 0.15) is 23.8 Å². The van der Waals surface area contributed by atoms with Gasteiger partial charge in [0.1, 0.15) is 0 Å². The molecule has 1 nitrogen and oxygen atoms in total. The third-order valence-electron chi connectivity index (χ3n) is 2.83. The van der Waals surface area contributed by atoms with Gasteiger partial charge in [-0.25, -0.2) is 0 Å². The maximum Gasteiger partial charge on any atom is 0.0349 e. The number of hydrogen-bond acceptors (Lipinski definition) is 2. The molecule has 0 amide bonds. The number of nitrogens with two attached hydrogens (primary N) is 1. The van der Waals surface area contributed by atoms with Gasteiger partial charge in [-0.1, -0.05) is 12.2 Å². The molecule has 0 unspecified atom stereocenters. The summed E-state index contributed by atoms with van der Waals surface area (Å²) >= 11 is 1.89. The number of benzene rings is 1. The standard InChI is InChI=1S/C14H17NS/c1-3-4-5-6-13-10(2)12-9-11(15)7-8-14(12)16-13/h3-4,7-9H,5-6,15H2,1-2H3. The smallest absolute Gasteiger partial charge is 0.0349 e. The normalized spacial score (nSPS) is 11.6. The van der Waals surface area contributed by atoms with Crippen LogP contribution in [0.5, 0.6) is 0 Å². The zero-order chi connectivity index (χ0) is 11.5. The molecule has 0 fully saturated rings. The Kier molecular flexibility index (Phi) is 3.30. The maximum atomic E-state index is 5.82. The van der Waals surface area contributed by atoms with E-state index in [1.54, 1.807) is 0 Å². The molecule has 0 aliphatic heterocycles. The van der Waals surface area contributed by atoms with Crippen molar-refractivity contribution in [3.8, 4) is 0 Å². The summed E-state index contributed by atoms with van der Waals surface area (Å²) < 4.78 is 1.35. The van der Waals surface area contributed by atoms with Crippen molar-refractivity contribution >= 4 is 27.1 Å². The van der Waals surface area contributed by atoms with Gasteiger partial charge >= 0.3 is 0 Å². The van der Waals surface area contributed by atoms with Crippen LogP contribution in [0.4, 0.5) is 5.69 Å². The van der Waals surface area contributed by atoms with Gasteiger partial charge in [0.05, 0.1) is 0 Å². The third-order valence-corrected chi connectivity index (χ3v) is 4.17. The Bertz CT molecular complexity index is 523. The van der Waals surface area contributed by atoms with Gasteiger partial charge in [0.25, 0.3) is 0 Å². The lowest BCUT2D eigenvalue weighted by molar-refractivity contribution is 1.02. The molecule has 0 bridgehead atoms. The van der Waals surface area contributed by atoms with Crippen LogP contribution in [0, 0.1) is 6.92 Å². The van der Waals surface area contributed by atoms with Gasteiger partial charge in [-0.05, 0) is 55.8 Å². The van der Waals surface area contributed by atoms with Crippen molar-refractivity contribution < 1.29 is 0 Å². The predicted molar refractivity (Wildman–Crippen MR) is 74.1 cm³/mol. The summed E-state index contributed by atoms with van der Waals surface area (Å²) in [6.07, 6.45) is 6.59. The van der Waals surface area contributed by atoms with Gasteiger partial charge in [-0.15, -0.1) is 11.3 Å². The molecule has 2 aromatic rings. The summed E-state index contributed by atoms with van der Waals surface area (Å²) in [5.74, 6) is 0. The van der Waals surface area contributed by atoms with E-state index in [9.17, 15) is 0 Å². The van der Waals surface area contributed by atoms with Gasteiger partial charge in [-0.2, -0.15) is 0 Å². The lowest BCUT2D eigenvalue weighted by atomic mass is 10.1. The first-order valence-electron chi connectivity index (χ1n) is 5.61.